The number of alkyl halides is 3. The number of hydrogen-bond donors (Lipinski definition) is 2. The minimum atomic E-state index is -4.82. The molecule has 0 spiro atoms. The highest BCUT2D eigenvalue weighted by molar-refractivity contribution is 5.68. The molecule has 5 nitrogen and oxygen atoms in total. The molecule has 0 unspecified atom stereocenters. The zero-order valence-corrected chi connectivity index (χ0v) is 15.3. The second-order valence-corrected chi connectivity index (χ2v) is 6.71. The molecule has 1 fully saturated rings. The molecule has 1 aliphatic carbocycles. The minimum Gasteiger partial charge on any atom is -0.406 e. The van der Waals surface area contributed by atoms with E-state index in [0.29, 0.717) is 11.3 Å². The summed E-state index contributed by atoms with van der Waals surface area (Å²) in [6.45, 7) is 0. The molecule has 3 aromatic rings. The summed E-state index contributed by atoms with van der Waals surface area (Å²) in [5.41, 5.74) is 0.947. The fraction of sp³-hybridized carbons (Fsp3) is 0.200. The standard InChI is InChI=1S/C20H15F5N4O/c21-15-7-6-13(9-16(15)22)26-18-10-17(28-19(29-18)27-12-4-5-12)11-2-1-3-14(8-11)30-20(23,24)25/h1-3,6-10,12H,4-5H2,(H2,26,27,28,29). The number of benzene rings is 2. The van der Waals surface area contributed by atoms with Gasteiger partial charge >= 0.3 is 6.36 Å². The van der Waals surface area contributed by atoms with Crippen LogP contribution in [0.5, 0.6) is 5.75 Å². The van der Waals surface area contributed by atoms with E-state index in [2.05, 4.69) is 25.3 Å². The quantitative estimate of drug-likeness (QED) is 0.504. The van der Waals surface area contributed by atoms with Crippen molar-refractivity contribution in [3.63, 3.8) is 0 Å². The first-order valence-corrected chi connectivity index (χ1v) is 8.99. The molecule has 1 saturated carbocycles. The van der Waals surface area contributed by atoms with Crippen LogP contribution in [-0.4, -0.2) is 22.4 Å². The fourth-order valence-electron chi connectivity index (χ4n) is 2.71. The maximum Gasteiger partial charge on any atom is 0.573 e. The van der Waals surface area contributed by atoms with Crippen LogP contribution < -0.4 is 15.4 Å². The van der Waals surface area contributed by atoms with E-state index in [1.807, 2.05) is 0 Å². The van der Waals surface area contributed by atoms with Gasteiger partial charge in [-0.3, -0.25) is 0 Å². The summed E-state index contributed by atoms with van der Waals surface area (Å²) < 4.78 is 68.2. The summed E-state index contributed by atoms with van der Waals surface area (Å²) in [4.78, 5) is 8.67. The highest BCUT2D eigenvalue weighted by Crippen LogP contribution is 2.30. The lowest BCUT2D eigenvalue weighted by molar-refractivity contribution is -0.274. The van der Waals surface area contributed by atoms with Crippen molar-refractivity contribution in [2.24, 2.45) is 0 Å². The maximum atomic E-state index is 13.5. The Labute approximate surface area is 167 Å². The van der Waals surface area contributed by atoms with Gasteiger partial charge in [-0.05, 0) is 37.1 Å². The van der Waals surface area contributed by atoms with Crippen molar-refractivity contribution in [3.05, 3.63) is 60.2 Å². The Bertz CT molecular complexity index is 1070. The van der Waals surface area contributed by atoms with E-state index in [4.69, 9.17) is 0 Å². The van der Waals surface area contributed by atoms with Crippen molar-refractivity contribution in [3.8, 4) is 17.0 Å². The Kier molecular flexibility index (Phi) is 5.15. The highest BCUT2D eigenvalue weighted by atomic mass is 19.4. The van der Waals surface area contributed by atoms with Crippen LogP contribution in [0, 0.1) is 11.6 Å². The molecule has 0 saturated heterocycles. The fourth-order valence-corrected chi connectivity index (χ4v) is 2.71. The zero-order chi connectivity index (χ0) is 21.3. The van der Waals surface area contributed by atoms with Gasteiger partial charge in [0.2, 0.25) is 5.95 Å². The van der Waals surface area contributed by atoms with Crippen molar-refractivity contribution in [1.82, 2.24) is 9.97 Å². The van der Waals surface area contributed by atoms with Gasteiger partial charge in [0.15, 0.2) is 11.6 Å². The molecule has 30 heavy (non-hydrogen) atoms. The molecule has 2 aromatic carbocycles. The van der Waals surface area contributed by atoms with Gasteiger partial charge in [-0.15, -0.1) is 13.2 Å². The molecule has 2 N–H and O–H groups in total. The van der Waals surface area contributed by atoms with Crippen LogP contribution in [0.25, 0.3) is 11.3 Å². The zero-order valence-electron chi connectivity index (χ0n) is 15.3. The van der Waals surface area contributed by atoms with Crippen molar-refractivity contribution in [2.75, 3.05) is 10.6 Å². The van der Waals surface area contributed by atoms with E-state index >= 15 is 0 Å². The first-order chi connectivity index (χ1) is 14.2. The number of nitrogens with zero attached hydrogens (tertiary/aromatic N) is 2. The molecule has 4 rings (SSSR count). The average Bonchev–Trinajstić information content (AvgIpc) is 3.47. The predicted octanol–water partition coefficient (Wildman–Crippen LogP) is 5.64. The largest absolute Gasteiger partial charge is 0.573 e. The molecule has 1 heterocycles. The molecule has 156 valence electrons. The molecule has 0 atom stereocenters. The minimum absolute atomic E-state index is 0.219. The number of rotatable bonds is 6. The van der Waals surface area contributed by atoms with Crippen LogP contribution in [0.2, 0.25) is 0 Å². The average molecular weight is 422 g/mol. The number of anilines is 3. The maximum absolute atomic E-state index is 13.5. The first-order valence-electron chi connectivity index (χ1n) is 8.99. The van der Waals surface area contributed by atoms with Gasteiger partial charge in [-0.1, -0.05) is 12.1 Å². The van der Waals surface area contributed by atoms with Gasteiger partial charge in [-0.2, -0.15) is 4.98 Å². The molecule has 1 aliphatic rings. The lowest BCUT2D eigenvalue weighted by Crippen LogP contribution is -2.17. The molecule has 1 aromatic heterocycles. The van der Waals surface area contributed by atoms with Gasteiger partial charge in [0, 0.05) is 29.4 Å². The van der Waals surface area contributed by atoms with Gasteiger partial charge in [0.1, 0.15) is 11.6 Å². The van der Waals surface area contributed by atoms with E-state index in [1.165, 1.54) is 30.3 Å². The third kappa shape index (κ3) is 5.13. The molecule has 0 amide bonds. The van der Waals surface area contributed by atoms with Crippen LogP contribution in [0.1, 0.15) is 12.8 Å². The van der Waals surface area contributed by atoms with Gasteiger partial charge in [0.05, 0.1) is 5.69 Å². The van der Waals surface area contributed by atoms with Crippen molar-refractivity contribution < 1.29 is 26.7 Å². The van der Waals surface area contributed by atoms with Crippen LogP contribution >= 0.6 is 0 Å². The lowest BCUT2D eigenvalue weighted by atomic mass is 10.1. The summed E-state index contributed by atoms with van der Waals surface area (Å²) in [5, 5.41) is 5.98. The number of aromatic nitrogens is 2. The second-order valence-electron chi connectivity index (χ2n) is 6.71. The SMILES string of the molecule is Fc1ccc(Nc2cc(-c3cccc(OC(F)(F)F)c3)nc(NC3CC3)n2)cc1F. The highest BCUT2D eigenvalue weighted by Gasteiger charge is 2.31. The van der Waals surface area contributed by atoms with Crippen LogP contribution in [0.4, 0.5) is 39.4 Å². The summed E-state index contributed by atoms with van der Waals surface area (Å²) in [6, 6.07) is 10.4. The monoisotopic (exact) mass is 422 g/mol. The Hall–Kier alpha value is -3.43. The van der Waals surface area contributed by atoms with E-state index < -0.39 is 18.0 Å². The predicted molar refractivity (Wildman–Crippen MR) is 100 cm³/mol. The first kappa shape index (κ1) is 19.9. The molecular formula is C20H15F5N4O. The Morgan fingerprint density at radius 2 is 1.73 bits per heavy atom. The summed E-state index contributed by atoms with van der Waals surface area (Å²) in [6.07, 6.45) is -2.91. The topological polar surface area (TPSA) is 59.1 Å². The Morgan fingerprint density at radius 3 is 2.43 bits per heavy atom. The van der Waals surface area contributed by atoms with Crippen molar-refractivity contribution in [1.29, 1.82) is 0 Å². The number of halogens is 5. The smallest absolute Gasteiger partial charge is 0.406 e. The Balaban J connectivity index is 1.67. The molecule has 0 radical (unpaired) electrons. The van der Waals surface area contributed by atoms with E-state index in [9.17, 15) is 22.0 Å². The third-order valence-electron chi connectivity index (χ3n) is 4.19. The molecular weight excluding hydrogens is 407 g/mol. The number of nitrogens with one attached hydrogen (secondary N) is 2. The molecule has 0 aliphatic heterocycles. The van der Waals surface area contributed by atoms with Crippen LogP contribution in [0.3, 0.4) is 0 Å². The van der Waals surface area contributed by atoms with Crippen LogP contribution in [0.15, 0.2) is 48.5 Å². The summed E-state index contributed by atoms with van der Waals surface area (Å²) >= 11 is 0. The molecule has 10 heteroatoms. The van der Waals surface area contributed by atoms with Gasteiger partial charge in [-0.25, -0.2) is 13.8 Å². The van der Waals surface area contributed by atoms with Crippen molar-refractivity contribution >= 4 is 17.5 Å². The van der Waals surface area contributed by atoms with E-state index in [1.54, 1.807) is 6.07 Å². The summed E-state index contributed by atoms with van der Waals surface area (Å²) in [7, 11) is 0. The third-order valence-corrected chi connectivity index (χ3v) is 4.19. The second kappa shape index (κ2) is 7.77. The number of ether oxygens (including phenoxy) is 1. The molecule has 0 bridgehead atoms. The van der Waals surface area contributed by atoms with Gasteiger partial charge < -0.3 is 15.4 Å². The van der Waals surface area contributed by atoms with E-state index in [0.717, 1.165) is 25.0 Å². The number of hydrogen-bond acceptors (Lipinski definition) is 5. The van der Waals surface area contributed by atoms with Crippen LogP contribution in [-0.2, 0) is 0 Å². The lowest BCUT2D eigenvalue weighted by Gasteiger charge is -2.13. The summed E-state index contributed by atoms with van der Waals surface area (Å²) in [5.74, 6) is -1.87. The van der Waals surface area contributed by atoms with Crippen molar-refractivity contribution in [2.45, 2.75) is 25.2 Å². The Morgan fingerprint density at radius 1 is 0.933 bits per heavy atom. The van der Waals surface area contributed by atoms with E-state index in [-0.39, 0.29) is 29.2 Å². The normalized spacial score (nSPS) is 13.8. The van der Waals surface area contributed by atoms with Gasteiger partial charge in [0.25, 0.3) is 0 Å².